The summed E-state index contributed by atoms with van der Waals surface area (Å²) in [4.78, 5) is 1.40. The molecule has 2 unspecified atom stereocenters. The fraction of sp³-hybridized carbons (Fsp3) is 0.600. The van der Waals surface area contributed by atoms with Crippen LogP contribution >= 0.6 is 27.7 Å². The first kappa shape index (κ1) is 14.4. The number of benzene rings is 1. The highest BCUT2D eigenvalue weighted by atomic mass is 79.9. The standard InChI is InChI=1S/C15H22BrNS/c1-2-10-17-13-4-3-5-15(11-13)18-14-8-6-12(16)7-9-14/h6-9,13,15,17H,2-5,10-11H2,1H3. The van der Waals surface area contributed by atoms with E-state index in [1.165, 1.54) is 43.5 Å². The molecule has 1 saturated carbocycles. The molecule has 0 radical (unpaired) electrons. The van der Waals surface area contributed by atoms with Gasteiger partial charge in [-0.1, -0.05) is 29.3 Å². The van der Waals surface area contributed by atoms with Gasteiger partial charge in [-0.2, -0.15) is 0 Å². The summed E-state index contributed by atoms with van der Waals surface area (Å²) >= 11 is 5.54. The SMILES string of the molecule is CCCNC1CCCC(Sc2ccc(Br)cc2)C1. The summed E-state index contributed by atoms with van der Waals surface area (Å²) in [5.74, 6) is 0. The third-order valence-electron chi connectivity index (χ3n) is 3.43. The molecule has 0 heterocycles. The quantitative estimate of drug-likeness (QED) is 0.829. The van der Waals surface area contributed by atoms with Gasteiger partial charge >= 0.3 is 0 Å². The minimum atomic E-state index is 0.742. The van der Waals surface area contributed by atoms with E-state index in [9.17, 15) is 0 Å². The first-order valence-electron chi connectivity index (χ1n) is 6.93. The Balaban J connectivity index is 1.83. The summed E-state index contributed by atoms with van der Waals surface area (Å²) < 4.78 is 1.16. The Kier molecular flexibility index (Phi) is 6.06. The van der Waals surface area contributed by atoms with E-state index in [0.717, 1.165) is 15.8 Å². The first-order chi connectivity index (χ1) is 8.78. The van der Waals surface area contributed by atoms with Crippen LogP contribution in [0.5, 0.6) is 0 Å². The van der Waals surface area contributed by atoms with Gasteiger partial charge < -0.3 is 5.32 Å². The topological polar surface area (TPSA) is 12.0 Å². The fourth-order valence-electron chi connectivity index (χ4n) is 2.49. The largest absolute Gasteiger partial charge is 0.314 e. The maximum absolute atomic E-state index is 3.68. The predicted octanol–water partition coefficient (Wildman–Crippen LogP) is 4.85. The molecule has 1 nitrogen and oxygen atoms in total. The minimum absolute atomic E-state index is 0.742. The lowest BCUT2D eigenvalue weighted by atomic mass is 9.95. The van der Waals surface area contributed by atoms with Gasteiger partial charge in [0, 0.05) is 20.7 Å². The molecule has 2 rings (SSSR count). The summed E-state index contributed by atoms with van der Waals surface area (Å²) in [6.07, 6.45) is 6.65. The fourth-order valence-corrected chi connectivity index (χ4v) is 4.05. The molecule has 0 aromatic heterocycles. The van der Waals surface area contributed by atoms with E-state index in [1.54, 1.807) is 0 Å². The van der Waals surface area contributed by atoms with Crippen molar-refractivity contribution in [3.63, 3.8) is 0 Å². The van der Waals surface area contributed by atoms with E-state index in [2.05, 4.69) is 52.4 Å². The number of rotatable bonds is 5. The summed E-state index contributed by atoms with van der Waals surface area (Å²) in [5, 5.41) is 4.46. The lowest BCUT2D eigenvalue weighted by Gasteiger charge is -2.29. The first-order valence-corrected chi connectivity index (χ1v) is 8.61. The molecule has 18 heavy (non-hydrogen) atoms. The Morgan fingerprint density at radius 3 is 2.78 bits per heavy atom. The van der Waals surface area contributed by atoms with Crippen molar-refractivity contribution in [3.8, 4) is 0 Å². The molecule has 100 valence electrons. The second-order valence-corrected chi connectivity index (χ2v) is 7.30. The Bertz CT molecular complexity index is 352. The average molecular weight is 328 g/mol. The van der Waals surface area contributed by atoms with Crippen molar-refractivity contribution in [1.29, 1.82) is 0 Å². The Morgan fingerprint density at radius 2 is 2.06 bits per heavy atom. The molecule has 1 aliphatic rings. The Morgan fingerprint density at radius 1 is 1.28 bits per heavy atom. The molecule has 0 aliphatic heterocycles. The monoisotopic (exact) mass is 327 g/mol. The summed E-state index contributed by atoms with van der Waals surface area (Å²) in [6.45, 7) is 3.41. The zero-order valence-corrected chi connectivity index (χ0v) is 13.4. The van der Waals surface area contributed by atoms with E-state index in [-0.39, 0.29) is 0 Å². The summed E-state index contributed by atoms with van der Waals surface area (Å²) in [6, 6.07) is 9.46. The highest BCUT2D eigenvalue weighted by molar-refractivity contribution is 9.10. The van der Waals surface area contributed by atoms with Crippen LogP contribution in [0.3, 0.4) is 0 Å². The van der Waals surface area contributed by atoms with Crippen LogP contribution in [0.25, 0.3) is 0 Å². The molecule has 0 saturated heterocycles. The van der Waals surface area contributed by atoms with E-state index in [0.29, 0.717) is 0 Å². The van der Waals surface area contributed by atoms with Gasteiger partial charge in [-0.05, 0) is 56.5 Å². The molecule has 1 aromatic rings. The van der Waals surface area contributed by atoms with Gasteiger partial charge in [0.05, 0.1) is 0 Å². The van der Waals surface area contributed by atoms with Crippen LogP contribution in [0.15, 0.2) is 33.6 Å². The summed E-state index contributed by atoms with van der Waals surface area (Å²) in [7, 11) is 0. The number of halogens is 1. The van der Waals surface area contributed by atoms with E-state index in [1.807, 2.05) is 11.8 Å². The predicted molar refractivity (Wildman–Crippen MR) is 84.3 cm³/mol. The van der Waals surface area contributed by atoms with Crippen molar-refractivity contribution < 1.29 is 0 Å². The van der Waals surface area contributed by atoms with Gasteiger partial charge in [0.2, 0.25) is 0 Å². The van der Waals surface area contributed by atoms with Crippen LogP contribution in [0.4, 0.5) is 0 Å². The van der Waals surface area contributed by atoms with Crippen LogP contribution in [0.1, 0.15) is 39.0 Å². The van der Waals surface area contributed by atoms with E-state index in [4.69, 9.17) is 0 Å². The van der Waals surface area contributed by atoms with Gasteiger partial charge in [-0.15, -0.1) is 11.8 Å². The summed E-state index contributed by atoms with van der Waals surface area (Å²) in [5.41, 5.74) is 0. The molecule has 0 bridgehead atoms. The average Bonchev–Trinajstić information content (AvgIpc) is 2.40. The van der Waals surface area contributed by atoms with Crippen molar-refractivity contribution in [3.05, 3.63) is 28.7 Å². The smallest absolute Gasteiger partial charge is 0.0176 e. The minimum Gasteiger partial charge on any atom is -0.314 e. The van der Waals surface area contributed by atoms with Gasteiger partial charge in [-0.25, -0.2) is 0 Å². The zero-order chi connectivity index (χ0) is 12.8. The van der Waals surface area contributed by atoms with Crippen molar-refractivity contribution in [2.45, 2.75) is 55.2 Å². The molecular weight excluding hydrogens is 306 g/mol. The lowest BCUT2D eigenvalue weighted by molar-refractivity contribution is 0.381. The van der Waals surface area contributed by atoms with E-state index < -0.39 is 0 Å². The normalized spacial score (nSPS) is 24.1. The van der Waals surface area contributed by atoms with Crippen LogP contribution in [0.2, 0.25) is 0 Å². The maximum atomic E-state index is 3.68. The second-order valence-electron chi connectivity index (χ2n) is 5.01. The maximum Gasteiger partial charge on any atom is 0.0176 e. The molecule has 2 atom stereocenters. The molecular formula is C15H22BrNS. The number of thioether (sulfide) groups is 1. The van der Waals surface area contributed by atoms with Crippen LogP contribution in [-0.4, -0.2) is 17.8 Å². The van der Waals surface area contributed by atoms with Crippen LogP contribution in [0, 0.1) is 0 Å². The number of hydrogen-bond donors (Lipinski definition) is 1. The molecule has 0 amide bonds. The molecule has 3 heteroatoms. The van der Waals surface area contributed by atoms with Crippen molar-refractivity contribution >= 4 is 27.7 Å². The van der Waals surface area contributed by atoms with Crippen molar-refractivity contribution in [2.75, 3.05) is 6.54 Å². The van der Waals surface area contributed by atoms with Crippen LogP contribution in [-0.2, 0) is 0 Å². The molecule has 1 aliphatic carbocycles. The Hall–Kier alpha value is 0.01000. The Labute approximate surface area is 123 Å². The third kappa shape index (κ3) is 4.60. The third-order valence-corrected chi connectivity index (χ3v) is 5.26. The van der Waals surface area contributed by atoms with Gasteiger partial charge in [-0.3, -0.25) is 0 Å². The van der Waals surface area contributed by atoms with Gasteiger partial charge in [0.25, 0.3) is 0 Å². The molecule has 1 aromatic carbocycles. The molecule has 0 spiro atoms. The van der Waals surface area contributed by atoms with Gasteiger partial charge in [0.1, 0.15) is 0 Å². The van der Waals surface area contributed by atoms with Gasteiger partial charge in [0.15, 0.2) is 0 Å². The number of hydrogen-bond acceptors (Lipinski definition) is 2. The van der Waals surface area contributed by atoms with Crippen molar-refractivity contribution in [2.24, 2.45) is 0 Å². The van der Waals surface area contributed by atoms with Crippen molar-refractivity contribution in [1.82, 2.24) is 5.32 Å². The molecule has 1 N–H and O–H groups in total. The number of nitrogens with one attached hydrogen (secondary N) is 1. The van der Waals surface area contributed by atoms with E-state index >= 15 is 0 Å². The zero-order valence-electron chi connectivity index (χ0n) is 11.0. The highest BCUT2D eigenvalue weighted by Gasteiger charge is 2.22. The lowest BCUT2D eigenvalue weighted by Crippen LogP contribution is -2.35. The molecule has 1 fully saturated rings. The van der Waals surface area contributed by atoms with Crippen LogP contribution < -0.4 is 5.32 Å². The highest BCUT2D eigenvalue weighted by Crippen LogP contribution is 2.34. The second kappa shape index (κ2) is 7.56.